The summed E-state index contributed by atoms with van der Waals surface area (Å²) >= 11 is 9.00. The maximum absolute atomic E-state index is 11.8. The fourth-order valence-corrected chi connectivity index (χ4v) is 1.70. The normalized spacial score (nSPS) is 12.6. The van der Waals surface area contributed by atoms with Crippen LogP contribution in [0.1, 0.15) is 22.8 Å². The van der Waals surface area contributed by atoms with Gasteiger partial charge in [0.05, 0.1) is 4.83 Å². The Balaban J connectivity index is 3.21. The maximum atomic E-state index is 11.8. The molecule has 1 aromatic rings. The molecule has 0 aliphatic carbocycles. The zero-order chi connectivity index (χ0) is 13.0. The summed E-state index contributed by atoms with van der Waals surface area (Å²) in [6.45, 7) is 1.71. The van der Waals surface area contributed by atoms with E-state index in [2.05, 4.69) is 15.9 Å². The number of hydrogen-bond acceptors (Lipinski definition) is 2. The zero-order valence-electron chi connectivity index (χ0n) is 8.98. The van der Waals surface area contributed by atoms with Crippen molar-refractivity contribution in [3.8, 4) is 0 Å². The zero-order valence-corrected chi connectivity index (χ0v) is 11.3. The van der Waals surface area contributed by atoms with Gasteiger partial charge in [-0.25, -0.2) is 4.79 Å². The van der Waals surface area contributed by atoms with Gasteiger partial charge in [0, 0.05) is 16.7 Å². The molecule has 0 saturated carbocycles. The van der Waals surface area contributed by atoms with Crippen molar-refractivity contribution in [2.75, 3.05) is 0 Å². The van der Waals surface area contributed by atoms with Crippen LogP contribution >= 0.6 is 27.5 Å². The van der Waals surface area contributed by atoms with Crippen molar-refractivity contribution in [2.24, 2.45) is 0 Å². The molecule has 1 unspecified atom stereocenters. The second-order valence-electron chi connectivity index (χ2n) is 3.38. The topological polar surface area (TPSA) is 54.4 Å². The molecular weight excluding hydrogens is 307 g/mol. The van der Waals surface area contributed by atoms with E-state index >= 15 is 0 Å². The number of Topliss-reactive ketones (excluding diaryl/α,β-unsaturated/α-hetero) is 1. The molecule has 0 heterocycles. The van der Waals surface area contributed by atoms with E-state index in [1.807, 2.05) is 0 Å². The van der Waals surface area contributed by atoms with E-state index in [-0.39, 0.29) is 10.6 Å². The Morgan fingerprint density at radius 2 is 2.12 bits per heavy atom. The number of carbonyl (C=O) groups is 2. The lowest BCUT2D eigenvalue weighted by Gasteiger charge is -2.07. The summed E-state index contributed by atoms with van der Waals surface area (Å²) < 4.78 is 0. The Morgan fingerprint density at radius 1 is 1.47 bits per heavy atom. The number of rotatable bonds is 4. The van der Waals surface area contributed by atoms with E-state index in [1.165, 1.54) is 6.08 Å². The fraction of sp³-hybridized carbons (Fsp3) is 0.167. The Hall–Kier alpha value is -1.13. The van der Waals surface area contributed by atoms with Crippen LogP contribution in [0.2, 0.25) is 5.02 Å². The summed E-state index contributed by atoms with van der Waals surface area (Å²) in [6.07, 6.45) is 2.33. The number of carbonyl (C=O) groups excluding carboxylic acids is 1. The molecule has 3 nitrogen and oxygen atoms in total. The highest BCUT2D eigenvalue weighted by Gasteiger charge is 2.15. The second-order valence-corrected chi connectivity index (χ2v) is 5.19. The Bertz CT molecular complexity index is 481. The third-order valence-electron chi connectivity index (χ3n) is 2.05. The van der Waals surface area contributed by atoms with Gasteiger partial charge in [0.15, 0.2) is 5.78 Å². The average Bonchev–Trinajstić information content (AvgIpc) is 2.25. The Kier molecular flexibility index (Phi) is 4.90. The lowest BCUT2D eigenvalue weighted by Crippen LogP contribution is -2.11. The Labute approximate surface area is 112 Å². The molecule has 5 heteroatoms. The van der Waals surface area contributed by atoms with E-state index in [4.69, 9.17) is 16.7 Å². The van der Waals surface area contributed by atoms with Gasteiger partial charge in [-0.2, -0.15) is 0 Å². The van der Waals surface area contributed by atoms with Gasteiger partial charge < -0.3 is 5.11 Å². The van der Waals surface area contributed by atoms with Crippen molar-refractivity contribution < 1.29 is 14.7 Å². The third-order valence-corrected chi connectivity index (χ3v) is 2.70. The van der Waals surface area contributed by atoms with Crippen LogP contribution < -0.4 is 0 Å². The lowest BCUT2D eigenvalue weighted by atomic mass is 10.0. The molecule has 1 atom stereocenters. The van der Waals surface area contributed by atoms with Crippen molar-refractivity contribution in [2.45, 2.75) is 11.8 Å². The summed E-state index contributed by atoms with van der Waals surface area (Å²) in [6, 6.07) is 4.75. The molecule has 0 fully saturated rings. The molecule has 1 N–H and O–H groups in total. The molecule has 1 rings (SSSR count). The first-order valence-corrected chi connectivity index (χ1v) is 6.10. The van der Waals surface area contributed by atoms with Crippen LogP contribution in [0.15, 0.2) is 24.3 Å². The third kappa shape index (κ3) is 3.98. The highest BCUT2D eigenvalue weighted by Crippen LogP contribution is 2.20. The SMILES string of the molecule is CC(Br)C(=O)c1ccc(Cl)cc1C=CC(=O)O. The van der Waals surface area contributed by atoms with Crippen molar-refractivity contribution >= 4 is 45.4 Å². The summed E-state index contributed by atoms with van der Waals surface area (Å²) in [5, 5.41) is 9.02. The molecular formula is C12H10BrClO3. The quantitative estimate of drug-likeness (QED) is 0.526. The van der Waals surface area contributed by atoms with E-state index in [0.717, 1.165) is 6.08 Å². The van der Waals surface area contributed by atoms with Crippen molar-refractivity contribution in [1.82, 2.24) is 0 Å². The number of aliphatic carboxylic acids is 1. The number of carboxylic acids is 1. The first-order valence-electron chi connectivity index (χ1n) is 4.80. The highest BCUT2D eigenvalue weighted by atomic mass is 79.9. The Morgan fingerprint density at radius 3 is 2.65 bits per heavy atom. The molecule has 1 aromatic carbocycles. The molecule has 17 heavy (non-hydrogen) atoms. The van der Waals surface area contributed by atoms with Crippen LogP contribution in [-0.4, -0.2) is 21.7 Å². The van der Waals surface area contributed by atoms with Gasteiger partial charge in [0.1, 0.15) is 0 Å². The number of carboxylic acid groups (broad SMARTS) is 1. The largest absolute Gasteiger partial charge is 0.478 e. The van der Waals surface area contributed by atoms with Crippen LogP contribution in [0.5, 0.6) is 0 Å². The van der Waals surface area contributed by atoms with Gasteiger partial charge in [-0.3, -0.25) is 4.79 Å². The minimum absolute atomic E-state index is 0.119. The molecule has 0 aliphatic rings. The van der Waals surface area contributed by atoms with Gasteiger partial charge in [-0.15, -0.1) is 0 Å². The predicted octanol–water partition coefficient (Wildman–Crippen LogP) is 3.40. The van der Waals surface area contributed by atoms with Crippen molar-refractivity contribution in [1.29, 1.82) is 0 Å². The second kappa shape index (κ2) is 5.98. The van der Waals surface area contributed by atoms with E-state index in [9.17, 15) is 9.59 Å². The fourth-order valence-electron chi connectivity index (χ4n) is 1.27. The van der Waals surface area contributed by atoms with Crippen LogP contribution in [0.3, 0.4) is 0 Å². The minimum atomic E-state index is -1.07. The van der Waals surface area contributed by atoms with Gasteiger partial charge in [-0.05, 0) is 36.8 Å². The van der Waals surface area contributed by atoms with Crippen molar-refractivity contribution in [3.63, 3.8) is 0 Å². The van der Waals surface area contributed by atoms with Gasteiger partial charge in [0.2, 0.25) is 0 Å². The summed E-state index contributed by atoms with van der Waals surface area (Å²) in [4.78, 5) is 22.0. The smallest absolute Gasteiger partial charge is 0.328 e. The number of alkyl halides is 1. The monoisotopic (exact) mass is 316 g/mol. The molecule has 0 saturated heterocycles. The average molecular weight is 318 g/mol. The number of benzene rings is 1. The highest BCUT2D eigenvalue weighted by molar-refractivity contribution is 9.10. The molecule has 0 amide bonds. The molecule has 0 radical (unpaired) electrons. The molecule has 0 bridgehead atoms. The van der Waals surface area contributed by atoms with Crippen molar-refractivity contribution in [3.05, 3.63) is 40.4 Å². The van der Waals surface area contributed by atoms with E-state index < -0.39 is 5.97 Å². The predicted molar refractivity (Wildman–Crippen MR) is 70.8 cm³/mol. The first-order chi connectivity index (χ1) is 7.91. The minimum Gasteiger partial charge on any atom is -0.478 e. The van der Waals surface area contributed by atoms with Crippen LogP contribution in [-0.2, 0) is 4.79 Å². The first kappa shape index (κ1) is 13.9. The maximum Gasteiger partial charge on any atom is 0.328 e. The number of halogens is 2. The molecule has 0 aliphatic heterocycles. The van der Waals surface area contributed by atoms with Crippen LogP contribution in [0.4, 0.5) is 0 Å². The van der Waals surface area contributed by atoms with Gasteiger partial charge >= 0.3 is 5.97 Å². The lowest BCUT2D eigenvalue weighted by molar-refractivity contribution is -0.131. The summed E-state index contributed by atoms with van der Waals surface area (Å²) in [5.41, 5.74) is 0.937. The number of ketones is 1. The molecule has 0 aromatic heterocycles. The number of hydrogen-bond donors (Lipinski definition) is 1. The van der Waals surface area contributed by atoms with Crippen LogP contribution in [0, 0.1) is 0 Å². The van der Waals surface area contributed by atoms with Crippen LogP contribution in [0.25, 0.3) is 6.08 Å². The standard InChI is InChI=1S/C12H10BrClO3/c1-7(13)12(17)10-4-3-9(14)6-8(10)2-5-11(15)16/h2-7H,1H3,(H,15,16). The molecule has 0 spiro atoms. The molecule has 90 valence electrons. The summed E-state index contributed by atoms with van der Waals surface area (Å²) in [5.74, 6) is -1.19. The van der Waals surface area contributed by atoms with E-state index in [0.29, 0.717) is 16.1 Å². The van der Waals surface area contributed by atoms with E-state index in [1.54, 1.807) is 25.1 Å². The summed E-state index contributed by atoms with van der Waals surface area (Å²) in [7, 11) is 0. The van der Waals surface area contributed by atoms with Gasteiger partial charge in [-0.1, -0.05) is 27.5 Å². The van der Waals surface area contributed by atoms with Gasteiger partial charge in [0.25, 0.3) is 0 Å².